The highest BCUT2D eigenvalue weighted by Gasteiger charge is 2.21. The van der Waals surface area contributed by atoms with Crippen molar-refractivity contribution in [3.63, 3.8) is 0 Å². The number of thiophene rings is 1. The van der Waals surface area contributed by atoms with Crippen LogP contribution in [0.5, 0.6) is 0 Å². The third-order valence-corrected chi connectivity index (χ3v) is 6.38. The van der Waals surface area contributed by atoms with Crippen molar-refractivity contribution in [3.05, 3.63) is 39.0 Å². The van der Waals surface area contributed by atoms with E-state index in [4.69, 9.17) is 5.11 Å². The molecule has 0 radical (unpaired) electrons. The molecule has 1 heterocycles. The number of aliphatic hydroxyl groups excluding tert-OH is 1. The minimum Gasteiger partial charge on any atom is -0.391 e. The Balaban J connectivity index is 2.33. The molecule has 1 aromatic heterocycles. The van der Waals surface area contributed by atoms with Crippen LogP contribution >= 0.6 is 27.3 Å². The fourth-order valence-corrected chi connectivity index (χ4v) is 5.31. The van der Waals surface area contributed by atoms with Gasteiger partial charge in [0.25, 0.3) is 10.0 Å². The normalized spacial score (nSPS) is 11.4. The van der Waals surface area contributed by atoms with Gasteiger partial charge in [-0.1, -0.05) is 6.07 Å². The number of benzene rings is 1. The summed E-state index contributed by atoms with van der Waals surface area (Å²) in [6.07, 6.45) is 0. The SMILES string of the molecule is CN(C)c1cccc(NS(=O)(=O)c2cc(CO)sc2Br)c1. The number of hydrogen-bond acceptors (Lipinski definition) is 5. The average Bonchev–Trinajstić information content (AvgIpc) is 2.80. The molecule has 0 aliphatic carbocycles. The molecule has 0 unspecified atom stereocenters. The Morgan fingerprint density at radius 2 is 2.05 bits per heavy atom. The molecule has 5 nitrogen and oxygen atoms in total. The molecule has 0 bridgehead atoms. The lowest BCUT2D eigenvalue weighted by atomic mass is 10.3. The molecule has 1 aromatic carbocycles. The van der Waals surface area contributed by atoms with Gasteiger partial charge in [0, 0.05) is 24.7 Å². The van der Waals surface area contributed by atoms with Crippen LogP contribution in [0.15, 0.2) is 39.0 Å². The predicted octanol–water partition coefficient (Wildman–Crippen LogP) is 2.87. The summed E-state index contributed by atoms with van der Waals surface area (Å²) in [5.41, 5.74) is 1.39. The number of hydrogen-bond donors (Lipinski definition) is 2. The molecule has 8 heteroatoms. The topological polar surface area (TPSA) is 69.6 Å². The minimum atomic E-state index is -3.69. The second-order valence-electron chi connectivity index (χ2n) is 4.56. The second-order valence-corrected chi connectivity index (χ2v) is 8.66. The zero-order valence-electron chi connectivity index (χ0n) is 11.5. The van der Waals surface area contributed by atoms with Gasteiger partial charge in [0.2, 0.25) is 0 Å². The van der Waals surface area contributed by atoms with E-state index >= 15 is 0 Å². The van der Waals surface area contributed by atoms with Gasteiger partial charge in [-0.15, -0.1) is 11.3 Å². The number of nitrogens with zero attached hydrogens (tertiary/aromatic N) is 1. The van der Waals surface area contributed by atoms with Gasteiger partial charge >= 0.3 is 0 Å². The molecule has 0 fully saturated rings. The molecule has 114 valence electrons. The van der Waals surface area contributed by atoms with Gasteiger partial charge in [-0.2, -0.15) is 0 Å². The van der Waals surface area contributed by atoms with E-state index in [0.717, 1.165) is 5.69 Å². The van der Waals surface area contributed by atoms with E-state index < -0.39 is 10.0 Å². The number of halogens is 1. The smallest absolute Gasteiger partial charge is 0.263 e. The third-order valence-electron chi connectivity index (χ3n) is 2.77. The van der Waals surface area contributed by atoms with Crippen molar-refractivity contribution in [1.82, 2.24) is 0 Å². The molecule has 2 rings (SSSR count). The maximum Gasteiger partial charge on any atom is 0.263 e. The fraction of sp³-hybridized carbons (Fsp3) is 0.231. The molecule has 0 aliphatic rings. The largest absolute Gasteiger partial charge is 0.391 e. The third kappa shape index (κ3) is 3.76. The monoisotopic (exact) mass is 390 g/mol. The van der Waals surface area contributed by atoms with Crippen molar-refractivity contribution in [3.8, 4) is 0 Å². The molecular weight excluding hydrogens is 376 g/mol. The summed E-state index contributed by atoms with van der Waals surface area (Å²) >= 11 is 4.42. The van der Waals surface area contributed by atoms with Crippen molar-refractivity contribution >= 4 is 48.7 Å². The summed E-state index contributed by atoms with van der Waals surface area (Å²) in [5.74, 6) is 0. The molecule has 2 aromatic rings. The van der Waals surface area contributed by atoms with Crippen molar-refractivity contribution in [2.45, 2.75) is 11.5 Å². The van der Waals surface area contributed by atoms with E-state index in [1.165, 1.54) is 17.4 Å². The molecule has 0 saturated carbocycles. The van der Waals surface area contributed by atoms with Gasteiger partial charge in [-0.05, 0) is 40.2 Å². The molecule has 2 N–H and O–H groups in total. The van der Waals surface area contributed by atoms with Crippen LogP contribution in [-0.4, -0.2) is 27.6 Å². The summed E-state index contributed by atoms with van der Waals surface area (Å²) in [7, 11) is 0.0792. The first-order chi connectivity index (χ1) is 9.83. The highest BCUT2D eigenvalue weighted by atomic mass is 79.9. The number of rotatable bonds is 5. The average molecular weight is 391 g/mol. The number of nitrogens with one attached hydrogen (secondary N) is 1. The van der Waals surface area contributed by atoms with Crippen LogP contribution in [0.3, 0.4) is 0 Å². The quantitative estimate of drug-likeness (QED) is 0.823. The summed E-state index contributed by atoms with van der Waals surface area (Å²) in [5, 5.41) is 9.10. The Morgan fingerprint density at radius 1 is 1.33 bits per heavy atom. The fourth-order valence-electron chi connectivity index (χ4n) is 1.72. The molecule has 0 atom stereocenters. The molecule has 0 aliphatic heterocycles. The van der Waals surface area contributed by atoms with Gasteiger partial charge in [-0.3, -0.25) is 4.72 Å². The lowest BCUT2D eigenvalue weighted by molar-refractivity contribution is 0.285. The van der Waals surface area contributed by atoms with E-state index in [2.05, 4.69) is 20.7 Å². The summed E-state index contributed by atoms with van der Waals surface area (Å²) < 4.78 is 27.8. The van der Waals surface area contributed by atoms with Gasteiger partial charge in [0.1, 0.15) is 4.90 Å². The van der Waals surface area contributed by atoms with Gasteiger partial charge in [-0.25, -0.2) is 8.42 Å². The molecule has 0 saturated heterocycles. The van der Waals surface area contributed by atoms with E-state index in [0.29, 0.717) is 14.4 Å². The highest BCUT2D eigenvalue weighted by Crippen LogP contribution is 2.33. The zero-order valence-corrected chi connectivity index (χ0v) is 14.7. The van der Waals surface area contributed by atoms with Crippen LogP contribution in [0.25, 0.3) is 0 Å². The predicted molar refractivity (Wildman–Crippen MR) is 89.5 cm³/mol. The van der Waals surface area contributed by atoms with Crippen molar-refractivity contribution in [1.29, 1.82) is 0 Å². The van der Waals surface area contributed by atoms with Gasteiger partial charge in [0.15, 0.2) is 0 Å². The Kier molecular flexibility index (Phi) is 4.92. The Hall–Kier alpha value is -1.09. The molecule has 0 amide bonds. The number of anilines is 2. The first kappa shape index (κ1) is 16.3. The van der Waals surface area contributed by atoms with Crippen LogP contribution in [0.2, 0.25) is 0 Å². The van der Waals surface area contributed by atoms with Crippen LogP contribution in [0.4, 0.5) is 11.4 Å². The molecule has 0 spiro atoms. The minimum absolute atomic E-state index is 0.131. The maximum atomic E-state index is 12.4. The van der Waals surface area contributed by atoms with Gasteiger partial charge < -0.3 is 10.0 Å². The van der Waals surface area contributed by atoms with Crippen LogP contribution in [0.1, 0.15) is 4.88 Å². The van der Waals surface area contributed by atoms with Crippen molar-refractivity contribution in [2.75, 3.05) is 23.7 Å². The summed E-state index contributed by atoms with van der Waals surface area (Å²) in [6.45, 7) is -0.186. The van der Waals surface area contributed by atoms with Crippen molar-refractivity contribution in [2.24, 2.45) is 0 Å². The standard InChI is InChI=1S/C13H15BrN2O3S2/c1-16(2)10-5-3-4-9(6-10)15-21(18,19)12-7-11(8-17)20-13(12)14/h3-7,15,17H,8H2,1-2H3. The maximum absolute atomic E-state index is 12.4. The second kappa shape index (κ2) is 6.35. The van der Waals surface area contributed by atoms with E-state index in [-0.39, 0.29) is 11.5 Å². The van der Waals surface area contributed by atoms with Crippen LogP contribution < -0.4 is 9.62 Å². The lowest BCUT2D eigenvalue weighted by Crippen LogP contribution is -2.14. The van der Waals surface area contributed by atoms with Crippen LogP contribution in [-0.2, 0) is 16.6 Å². The zero-order chi connectivity index (χ0) is 15.6. The highest BCUT2D eigenvalue weighted by molar-refractivity contribution is 9.11. The molecular formula is C13H15BrN2O3S2. The van der Waals surface area contributed by atoms with Gasteiger partial charge in [0.05, 0.1) is 16.1 Å². The Bertz CT molecular complexity index is 742. The van der Waals surface area contributed by atoms with E-state index in [1.807, 2.05) is 25.1 Å². The first-order valence-corrected chi connectivity index (χ1v) is 9.12. The molecule has 21 heavy (non-hydrogen) atoms. The van der Waals surface area contributed by atoms with Crippen LogP contribution in [0, 0.1) is 0 Å². The number of aliphatic hydroxyl groups is 1. The number of sulfonamides is 1. The Morgan fingerprint density at radius 3 is 2.62 bits per heavy atom. The lowest BCUT2D eigenvalue weighted by Gasteiger charge is -2.14. The van der Waals surface area contributed by atoms with Crippen molar-refractivity contribution < 1.29 is 13.5 Å². The van der Waals surface area contributed by atoms with E-state index in [9.17, 15) is 8.42 Å². The summed E-state index contributed by atoms with van der Waals surface area (Å²) in [4.78, 5) is 2.61. The Labute approximate surface area is 136 Å². The van der Waals surface area contributed by atoms with E-state index in [1.54, 1.807) is 18.2 Å². The first-order valence-electron chi connectivity index (χ1n) is 6.03. The summed E-state index contributed by atoms with van der Waals surface area (Å²) in [6, 6.07) is 8.59.